The van der Waals surface area contributed by atoms with E-state index in [1.165, 1.54) is 11.3 Å². The Labute approximate surface area is 173 Å². The number of benzene rings is 1. The molecular formula is C20H25N5O3S. The molecule has 2 amide bonds. The van der Waals surface area contributed by atoms with Crippen molar-refractivity contribution < 1.29 is 14.3 Å². The number of hydrogen-bond acceptors (Lipinski definition) is 7. The van der Waals surface area contributed by atoms with Gasteiger partial charge in [-0.2, -0.15) is 0 Å². The van der Waals surface area contributed by atoms with E-state index < -0.39 is 6.04 Å². The van der Waals surface area contributed by atoms with Crippen LogP contribution in [0.3, 0.4) is 0 Å². The third-order valence-electron chi connectivity index (χ3n) is 5.27. The van der Waals surface area contributed by atoms with E-state index in [9.17, 15) is 9.59 Å². The van der Waals surface area contributed by atoms with Crippen LogP contribution in [-0.2, 0) is 16.1 Å². The van der Waals surface area contributed by atoms with Crippen molar-refractivity contribution in [2.24, 2.45) is 5.73 Å². The monoisotopic (exact) mass is 415 g/mol. The van der Waals surface area contributed by atoms with E-state index in [-0.39, 0.29) is 11.8 Å². The fourth-order valence-corrected chi connectivity index (χ4v) is 4.38. The third kappa shape index (κ3) is 4.42. The summed E-state index contributed by atoms with van der Waals surface area (Å²) in [5.74, 6) is -0.370. The molecular weight excluding hydrogens is 390 g/mol. The molecule has 0 bridgehead atoms. The van der Waals surface area contributed by atoms with Gasteiger partial charge in [0.05, 0.1) is 13.2 Å². The number of carbonyl (C=O) groups is 2. The summed E-state index contributed by atoms with van der Waals surface area (Å²) in [5, 5.41) is 5.38. The normalized spacial score (nSPS) is 19.4. The average Bonchev–Trinajstić information content (AvgIpc) is 3.44. The summed E-state index contributed by atoms with van der Waals surface area (Å²) in [6, 6.07) is 7.32. The highest BCUT2D eigenvalue weighted by molar-refractivity contribution is 7.09. The molecule has 1 aromatic heterocycles. The Morgan fingerprint density at radius 1 is 1.21 bits per heavy atom. The van der Waals surface area contributed by atoms with Gasteiger partial charge < -0.3 is 25.6 Å². The summed E-state index contributed by atoms with van der Waals surface area (Å²) in [5.41, 5.74) is 7.79. The van der Waals surface area contributed by atoms with Gasteiger partial charge in [0.25, 0.3) is 5.91 Å². The van der Waals surface area contributed by atoms with Crippen molar-refractivity contribution in [2.75, 3.05) is 43.1 Å². The van der Waals surface area contributed by atoms with E-state index in [0.717, 1.165) is 44.1 Å². The number of nitrogens with two attached hydrogens (primary N) is 1. The molecule has 2 aliphatic rings. The topological polar surface area (TPSA) is 101 Å². The number of likely N-dealkylation sites (tertiary alicyclic amines) is 1. The highest BCUT2D eigenvalue weighted by Crippen LogP contribution is 2.24. The zero-order chi connectivity index (χ0) is 20.2. The molecule has 29 heavy (non-hydrogen) atoms. The molecule has 0 radical (unpaired) electrons. The van der Waals surface area contributed by atoms with Crippen LogP contribution in [0.2, 0.25) is 0 Å². The lowest BCUT2D eigenvalue weighted by Crippen LogP contribution is -2.43. The lowest BCUT2D eigenvalue weighted by molar-refractivity contribution is -0.119. The first-order valence-electron chi connectivity index (χ1n) is 9.85. The van der Waals surface area contributed by atoms with E-state index in [1.807, 2.05) is 24.3 Å². The second-order valence-corrected chi connectivity index (χ2v) is 8.07. The van der Waals surface area contributed by atoms with E-state index in [2.05, 4.69) is 15.2 Å². The number of nitrogens with one attached hydrogen (secondary N) is 1. The number of nitrogens with zero attached hydrogens (tertiary/aromatic N) is 3. The lowest BCUT2D eigenvalue weighted by atomic mass is 10.2. The predicted octanol–water partition coefficient (Wildman–Crippen LogP) is 1.68. The van der Waals surface area contributed by atoms with Crippen LogP contribution in [0.15, 0.2) is 29.6 Å². The van der Waals surface area contributed by atoms with Crippen molar-refractivity contribution in [3.8, 4) is 0 Å². The van der Waals surface area contributed by atoms with Crippen molar-refractivity contribution in [1.29, 1.82) is 0 Å². The van der Waals surface area contributed by atoms with Crippen molar-refractivity contribution in [2.45, 2.75) is 25.4 Å². The van der Waals surface area contributed by atoms with E-state index >= 15 is 0 Å². The molecule has 0 spiro atoms. The number of thiazole rings is 1. The molecule has 0 saturated carbocycles. The number of aromatic nitrogens is 1. The molecule has 0 unspecified atom stereocenters. The van der Waals surface area contributed by atoms with Gasteiger partial charge in [-0.25, -0.2) is 4.98 Å². The molecule has 8 nitrogen and oxygen atoms in total. The summed E-state index contributed by atoms with van der Waals surface area (Å²) >= 11 is 1.37. The number of carbonyl (C=O) groups excluding carboxylic acids is 2. The van der Waals surface area contributed by atoms with E-state index in [4.69, 9.17) is 10.5 Å². The minimum absolute atomic E-state index is 0.163. The van der Waals surface area contributed by atoms with Gasteiger partial charge in [-0.3, -0.25) is 9.59 Å². The highest BCUT2D eigenvalue weighted by atomic mass is 32.1. The molecule has 0 aliphatic carbocycles. The van der Waals surface area contributed by atoms with E-state index in [0.29, 0.717) is 30.2 Å². The third-order valence-corrected chi connectivity index (χ3v) is 6.14. The van der Waals surface area contributed by atoms with Crippen LogP contribution in [0.5, 0.6) is 0 Å². The molecule has 3 N–H and O–H groups in total. The second-order valence-electron chi connectivity index (χ2n) is 7.12. The second kappa shape index (κ2) is 8.89. The Kier molecular flexibility index (Phi) is 6.08. The molecule has 2 aromatic rings. The SMILES string of the molecule is NCc1nc(C(=O)N2CCC[C@@H]2C(=O)Nc2ccc(N3CCOCC3)cc2)cs1. The van der Waals surface area contributed by atoms with Crippen molar-refractivity contribution in [3.63, 3.8) is 0 Å². The number of anilines is 2. The predicted molar refractivity (Wildman–Crippen MR) is 112 cm³/mol. The number of hydrogen-bond donors (Lipinski definition) is 2. The van der Waals surface area contributed by atoms with Crippen LogP contribution in [0, 0.1) is 0 Å². The molecule has 4 rings (SSSR count). The lowest BCUT2D eigenvalue weighted by Gasteiger charge is -2.29. The molecule has 2 fully saturated rings. The van der Waals surface area contributed by atoms with Crippen LogP contribution in [-0.4, -0.2) is 60.6 Å². The first-order chi connectivity index (χ1) is 14.2. The number of ether oxygens (including phenoxy) is 1. The largest absolute Gasteiger partial charge is 0.378 e. The quantitative estimate of drug-likeness (QED) is 0.771. The van der Waals surface area contributed by atoms with Gasteiger partial charge in [-0.05, 0) is 37.1 Å². The van der Waals surface area contributed by atoms with Crippen LogP contribution in [0.25, 0.3) is 0 Å². The standard InChI is InChI=1S/C20H25N5O3S/c21-12-18-23-16(13-29-18)20(27)25-7-1-2-17(25)19(26)22-14-3-5-15(6-4-14)24-8-10-28-11-9-24/h3-6,13,17H,1-2,7-12,21H2,(H,22,26)/t17-/m1/s1. The summed E-state index contributed by atoms with van der Waals surface area (Å²) < 4.78 is 5.38. The number of morpholine rings is 1. The maximum atomic E-state index is 12.8. The molecule has 3 heterocycles. The zero-order valence-electron chi connectivity index (χ0n) is 16.2. The van der Waals surface area contributed by atoms with Gasteiger partial charge in [0.15, 0.2) is 0 Å². The van der Waals surface area contributed by atoms with E-state index in [1.54, 1.807) is 10.3 Å². The highest BCUT2D eigenvalue weighted by Gasteiger charge is 2.35. The first kappa shape index (κ1) is 19.8. The van der Waals surface area contributed by atoms with Gasteiger partial charge in [-0.1, -0.05) is 0 Å². The summed E-state index contributed by atoms with van der Waals surface area (Å²) in [6.07, 6.45) is 1.45. The van der Waals surface area contributed by atoms with Crippen molar-refractivity contribution in [1.82, 2.24) is 9.88 Å². The maximum absolute atomic E-state index is 12.8. The Hall–Kier alpha value is -2.49. The smallest absolute Gasteiger partial charge is 0.274 e. The van der Waals surface area contributed by atoms with Gasteiger partial charge in [0.1, 0.15) is 16.7 Å². The Morgan fingerprint density at radius 3 is 2.66 bits per heavy atom. The fourth-order valence-electron chi connectivity index (χ4n) is 3.74. The van der Waals surface area contributed by atoms with Crippen LogP contribution >= 0.6 is 11.3 Å². The van der Waals surface area contributed by atoms with Crippen LogP contribution in [0.1, 0.15) is 28.3 Å². The molecule has 154 valence electrons. The van der Waals surface area contributed by atoms with Crippen LogP contribution in [0.4, 0.5) is 11.4 Å². The average molecular weight is 416 g/mol. The van der Waals surface area contributed by atoms with Gasteiger partial charge in [0.2, 0.25) is 5.91 Å². The first-order valence-corrected chi connectivity index (χ1v) is 10.7. The zero-order valence-corrected chi connectivity index (χ0v) is 17.0. The van der Waals surface area contributed by atoms with Crippen molar-refractivity contribution >= 4 is 34.5 Å². The Balaban J connectivity index is 1.39. The minimum atomic E-state index is -0.482. The van der Waals surface area contributed by atoms with Gasteiger partial charge >= 0.3 is 0 Å². The number of rotatable bonds is 5. The number of amides is 2. The molecule has 2 saturated heterocycles. The maximum Gasteiger partial charge on any atom is 0.274 e. The fraction of sp³-hybridized carbons (Fsp3) is 0.450. The Bertz CT molecular complexity index is 863. The molecule has 1 atom stereocenters. The van der Waals surface area contributed by atoms with Gasteiger partial charge in [-0.15, -0.1) is 11.3 Å². The molecule has 2 aliphatic heterocycles. The minimum Gasteiger partial charge on any atom is -0.378 e. The Morgan fingerprint density at radius 2 is 1.97 bits per heavy atom. The summed E-state index contributed by atoms with van der Waals surface area (Å²) in [6.45, 7) is 4.07. The van der Waals surface area contributed by atoms with Crippen molar-refractivity contribution in [3.05, 3.63) is 40.3 Å². The van der Waals surface area contributed by atoms with Gasteiger partial charge in [0, 0.05) is 42.9 Å². The summed E-state index contributed by atoms with van der Waals surface area (Å²) in [7, 11) is 0. The molecule has 1 aromatic carbocycles. The summed E-state index contributed by atoms with van der Waals surface area (Å²) in [4.78, 5) is 33.8. The molecule has 9 heteroatoms. The van der Waals surface area contributed by atoms with Crippen LogP contribution < -0.4 is 16.0 Å².